The summed E-state index contributed by atoms with van der Waals surface area (Å²) in [5.41, 5.74) is 1.49. The van der Waals surface area contributed by atoms with Crippen LogP contribution < -0.4 is 10.6 Å². The number of aliphatic hydroxyl groups is 1. The van der Waals surface area contributed by atoms with Crippen LogP contribution in [-0.2, 0) is 17.8 Å². The molecule has 1 amide bonds. The van der Waals surface area contributed by atoms with Crippen molar-refractivity contribution in [3.8, 4) is 0 Å². The van der Waals surface area contributed by atoms with Crippen molar-refractivity contribution < 1.29 is 18.7 Å². The summed E-state index contributed by atoms with van der Waals surface area (Å²) in [6.45, 7) is 2.96. The Morgan fingerprint density at radius 2 is 1.69 bits per heavy atom. The van der Waals surface area contributed by atoms with Gasteiger partial charge in [-0.25, -0.2) is 8.78 Å². The zero-order valence-electron chi connectivity index (χ0n) is 19.9. The van der Waals surface area contributed by atoms with Gasteiger partial charge in [0.25, 0.3) is 0 Å². The lowest BCUT2D eigenvalue weighted by Gasteiger charge is -2.27. The molecular weight excluding hydrogens is 563 g/mol. The van der Waals surface area contributed by atoms with E-state index in [1.54, 1.807) is 0 Å². The minimum absolute atomic E-state index is 0.137. The summed E-state index contributed by atoms with van der Waals surface area (Å²) in [4.78, 5) is 15.2. The SMILES string of the molecule is O=C(CN1CC2CCC(CC2)C1)NC(Cc1cc(F)cc(F)c1)C(O)CNCc1cccc(I)c1. The molecule has 3 aliphatic rings. The molecule has 2 unspecified atom stereocenters. The maximum atomic E-state index is 13.8. The van der Waals surface area contributed by atoms with E-state index in [1.165, 1.54) is 37.8 Å². The molecule has 3 fully saturated rings. The van der Waals surface area contributed by atoms with Crippen LogP contribution in [0, 0.1) is 27.0 Å². The lowest BCUT2D eigenvalue weighted by molar-refractivity contribution is -0.123. The van der Waals surface area contributed by atoms with Gasteiger partial charge in [-0.1, -0.05) is 12.1 Å². The van der Waals surface area contributed by atoms with Gasteiger partial charge in [0.1, 0.15) is 11.6 Å². The highest BCUT2D eigenvalue weighted by molar-refractivity contribution is 14.1. The molecule has 2 atom stereocenters. The van der Waals surface area contributed by atoms with Crippen LogP contribution in [0.2, 0.25) is 0 Å². The monoisotopic (exact) mass is 597 g/mol. The van der Waals surface area contributed by atoms with Crippen LogP contribution in [0.5, 0.6) is 0 Å². The predicted molar refractivity (Wildman–Crippen MR) is 141 cm³/mol. The molecule has 1 saturated carbocycles. The van der Waals surface area contributed by atoms with Gasteiger partial charge in [-0.3, -0.25) is 9.69 Å². The van der Waals surface area contributed by atoms with Crippen molar-refractivity contribution in [1.29, 1.82) is 0 Å². The lowest BCUT2D eigenvalue weighted by Crippen LogP contribution is -2.51. The predicted octanol–water partition coefficient (Wildman–Crippen LogP) is 3.87. The highest BCUT2D eigenvalue weighted by Crippen LogP contribution is 2.33. The number of nitrogens with zero attached hydrogens (tertiary/aromatic N) is 1. The molecule has 5 rings (SSSR count). The largest absolute Gasteiger partial charge is 0.390 e. The number of amides is 1. The molecule has 2 aromatic carbocycles. The van der Waals surface area contributed by atoms with E-state index in [4.69, 9.17) is 0 Å². The third-order valence-corrected chi connectivity index (χ3v) is 7.80. The van der Waals surface area contributed by atoms with Gasteiger partial charge in [0, 0.05) is 35.8 Å². The summed E-state index contributed by atoms with van der Waals surface area (Å²) in [5, 5.41) is 17.2. The van der Waals surface area contributed by atoms with Crippen molar-refractivity contribution in [3.63, 3.8) is 0 Å². The zero-order valence-corrected chi connectivity index (χ0v) is 22.0. The van der Waals surface area contributed by atoms with Crippen LogP contribution in [0.15, 0.2) is 42.5 Å². The molecular formula is C27H34F2IN3O2. The minimum atomic E-state index is -0.923. The average molecular weight is 597 g/mol. The summed E-state index contributed by atoms with van der Waals surface area (Å²) < 4.78 is 28.7. The second-order valence-electron chi connectivity index (χ2n) is 10.1. The van der Waals surface area contributed by atoms with Crippen LogP contribution in [0.3, 0.4) is 0 Å². The van der Waals surface area contributed by atoms with Gasteiger partial charge in [-0.15, -0.1) is 0 Å². The van der Waals surface area contributed by atoms with Crippen LogP contribution in [0.25, 0.3) is 0 Å². The van der Waals surface area contributed by atoms with Crippen LogP contribution >= 0.6 is 22.6 Å². The Labute approximate surface area is 219 Å². The van der Waals surface area contributed by atoms with Gasteiger partial charge in [0.2, 0.25) is 5.91 Å². The van der Waals surface area contributed by atoms with Gasteiger partial charge in [0.05, 0.1) is 18.7 Å². The van der Waals surface area contributed by atoms with Crippen LogP contribution in [-0.4, -0.2) is 54.2 Å². The number of hydrogen-bond acceptors (Lipinski definition) is 4. The third-order valence-electron chi connectivity index (χ3n) is 7.13. The fourth-order valence-corrected chi connectivity index (χ4v) is 6.01. The summed E-state index contributed by atoms with van der Waals surface area (Å²) in [7, 11) is 0. The number of fused-ring (bicyclic) bond motifs is 4. The summed E-state index contributed by atoms with van der Waals surface area (Å²) >= 11 is 2.25. The number of benzene rings is 2. The number of halogens is 3. The Kier molecular flexibility index (Phi) is 9.49. The molecule has 2 aliphatic heterocycles. The molecule has 2 bridgehead atoms. The fourth-order valence-electron chi connectivity index (χ4n) is 5.41. The van der Waals surface area contributed by atoms with E-state index in [0.717, 1.165) is 28.3 Å². The van der Waals surface area contributed by atoms with Crippen molar-refractivity contribution in [2.24, 2.45) is 11.8 Å². The smallest absolute Gasteiger partial charge is 0.234 e. The maximum Gasteiger partial charge on any atom is 0.234 e. The van der Waals surface area contributed by atoms with Crippen LogP contribution in [0.4, 0.5) is 8.78 Å². The molecule has 5 nitrogen and oxygen atoms in total. The van der Waals surface area contributed by atoms with E-state index in [9.17, 15) is 18.7 Å². The van der Waals surface area contributed by atoms with Crippen molar-refractivity contribution in [2.75, 3.05) is 26.2 Å². The van der Waals surface area contributed by atoms with E-state index >= 15 is 0 Å². The topological polar surface area (TPSA) is 64.6 Å². The highest BCUT2D eigenvalue weighted by atomic mass is 127. The molecule has 3 N–H and O–H groups in total. The zero-order chi connectivity index (χ0) is 24.8. The first-order valence-corrected chi connectivity index (χ1v) is 13.5. The van der Waals surface area contributed by atoms with Gasteiger partial charge < -0.3 is 15.7 Å². The number of nitrogens with one attached hydrogen (secondary N) is 2. The minimum Gasteiger partial charge on any atom is -0.390 e. The third kappa shape index (κ3) is 8.20. The first kappa shape index (κ1) is 26.4. The summed E-state index contributed by atoms with van der Waals surface area (Å²) in [6.07, 6.45) is 4.16. The van der Waals surface area contributed by atoms with Gasteiger partial charge >= 0.3 is 0 Å². The van der Waals surface area contributed by atoms with Crippen molar-refractivity contribution in [1.82, 2.24) is 15.5 Å². The molecule has 0 radical (unpaired) electrons. The second-order valence-corrected chi connectivity index (χ2v) is 11.3. The Morgan fingerprint density at radius 3 is 2.31 bits per heavy atom. The van der Waals surface area contributed by atoms with E-state index in [-0.39, 0.29) is 25.4 Å². The van der Waals surface area contributed by atoms with Gasteiger partial charge in [0.15, 0.2) is 0 Å². The van der Waals surface area contributed by atoms with Crippen molar-refractivity contribution in [2.45, 2.75) is 50.8 Å². The van der Waals surface area contributed by atoms with Crippen molar-refractivity contribution >= 4 is 28.5 Å². The van der Waals surface area contributed by atoms with E-state index < -0.39 is 23.8 Å². The van der Waals surface area contributed by atoms with E-state index in [2.05, 4.69) is 44.2 Å². The van der Waals surface area contributed by atoms with Crippen molar-refractivity contribution in [3.05, 3.63) is 68.8 Å². The van der Waals surface area contributed by atoms with Crippen LogP contribution in [0.1, 0.15) is 36.8 Å². The summed E-state index contributed by atoms with van der Waals surface area (Å²) in [6, 6.07) is 10.7. The Bertz CT molecular complexity index is 966. The molecule has 2 saturated heterocycles. The molecule has 2 heterocycles. The molecule has 190 valence electrons. The quantitative estimate of drug-likeness (QED) is 0.364. The number of rotatable bonds is 10. The van der Waals surface area contributed by atoms with Gasteiger partial charge in [-0.05, 0) is 102 Å². The molecule has 2 aromatic rings. The Morgan fingerprint density at radius 1 is 1.03 bits per heavy atom. The number of carbonyl (C=O) groups excluding carboxylic acids is 1. The normalized spacial score (nSPS) is 21.9. The standard InChI is InChI=1S/C27H34F2IN3O2/c28-22-8-21(9-23(29)12-22)11-25(26(34)14-31-13-20-2-1-3-24(30)10-20)32-27(35)17-33-15-18-4-5-19(16-33)7-6-18/h1-3,8-10,12,18-19,25-26,31,34H,4-7,11,13-17H2,(H,32,35). The van der Waals surface area contributed by atoms with Gasteiger partial charge in [-0.2, -0.15) is 0 Å². The Balaban J connectivity index is 1.38. The fraction of sp³-hybridized carbons (Fsp3) is 0.519. The highest BCUT2D eigenvalue weighted by Gasteiger charge is 2.31. The second kappa shape index (κ2) is 12.6. The number of hydrogen-bond donors (Lipinski definition) is 3. The van der Waals surface area contributed by atoms with E-state index in [1.807, 2.05) is 18.2 Å². The average Bonchev–Trinajstić information content (AvgIpc) is 3.10. The molecule has 8 heteroatoms. The number of aliphatic hydroxyl groups excluding tert-OH is 1. The molecule has 0 aromatic heterocycles. The first-order chi connectivity index (χ1) is 16.8. The Hall–Kier alpha value is -1.62. The molecule has 1 aliphatic carbocycles. The van der Waals surface area contributed by atoms with E-state index in [0.29, 0.717) is 23.9 Å². The molecule has 35 heavy (non-hydrogen) atoms. The lowest BCUT2D eigenvalue weighted by atomic mass is 9.84. The first-order valence-electron chi connectivity index (χ1n) is 12.4. The number of carbonyl (C=O) groups is 1. The maximum absolute atomic E-state index is 13.8. The molecule has 0 spiro atoms. The summed E-state index contributed by atoms with van der Waals surface area (Å²) in [5.74, 6) is -0.190.